The number of rotatable bonds is 2. The fraction of sp³-hybridized carbons (Fsp3) is 0.500. The average Bonchev–Trinajstić information content (AvgIpc) is 2.34. The highest BCUT2D eigenvalue weighted by molar-refractivity contribution is 7.10. The Hall–Kier alpha value is -0.340. The lowest BCUT2D eigenvalue weighted by atomic mass is 10.2. The van der Waals surface area contributed by atoms with Crippen LogP contribution in [0.4, 0.5) is 0 Å². The Labute approximate surface area is 65.3 Å². The van der Waals surface area contributed by atoms with Crippen molar-refractivity contribution in [3.8, 4) is 0 Å². The fourth-order valence-corrected chi connectivity index (χ4v) is 1.91. The summed E-state index contributed by atoms with van der Waals surface area (Å²) in [7, 11) is 0. The van der Waals surface area contributed by atoms with Crippen LogP contribution < -0.4 is 0 Å². The van der Waals surface area contributed by atoms with E-state index in [1.54, 1.807) is 11.3 Å². The molecule has 2 heteroatoms. The van der Waals surface area contributed by atoms with Gasteiger partial charge < -0.3 is 5.11 Å². The first kappa shape index (κ1) is 7.76. The molecule has 0 amide bonds. The summed E-state index contributed by atoms with van der Waals surface area (Å²) in [4.78, 5) is 1.11. The Morgan fingerprint density at radius 1 is 1.70 bits per heavy atom. The van der Waals surface area contributed by atoms with Gasteiger partial charge in [0.25, 0.3) is 0 Å². The van der Waals surface area contributed by atoms with E-state index < -0.39 is 0 Å². The van der Waals surface area contributed by atoms with E-state index in [1.165, 1.54) is 5.56 Å². The number of aliphatic hydroxyl groups excluding tert-OH is 1. The highest BCUT2D eigenvalue weighted by Crippen LogP contribution is 2.25. The molecule has 0 spiro atoms. The zero-order chi connectivity index (χ0) is 7.56. The quantitative estimate of drug-likeness (QED) is 0.697. The van der Waals surface area contributed by atoms with Gasteiger partial charge in [-0.1, -0.05) is 6.92 Å². The van der Waals surface area contributed by atoms with Gasteiger partial charge in [-0.15, -0.1) is 11.3 Å². The Morgan fingerprint density at radius 2 is 2.40 bits per heavy atom. The van der Waals surface area contributed by atoms with Crippen molar-refractivity contribution in [2.75, 3.05) is 0 Å². The zero-order valence-corrected chi connectivity index (χ0v) is 7.11. The summed E-state index contributed by atoms with van der Waals surface area (Å²) >= 11 is 1.63. The molecule has 0 aliphatic rings. The van der Waals surface area contributed by atoms with Crippen LogP contribution in [0.15, 0.2) is 11.4 Å². The van der Waals surface area contributed by atoms with Gasteiger partial charge in [0.15, 0.2) is 0 Å². The van der Waals surface area contributed by atoms with Crippen LogP contribution in [-0.2, 0) is 0 Å². The van der Waals surface area contributed by atoms with Gasteiger partial charge in [-0.3, -0.25) is 0 Å². The SMILES string of the molecule is CC[C@H](O)c1sccc1C. The highest BCUT2D eigenvalue weighted by atomic mass is 32.1. The minimum Gasteiger partial charge on any atom is -0.388 e. The summed E-state index contributed by atoms with van der Waals surface area (Å²) in [6.07, 6.45) is 0.557. The monoisotopic (exact) mass is 156 g/mol. The zero-order valence-electron chi connectivity index (χ0n) is 6.29. The van der Waals surface area contributed by atoms with Crippen molar-refractivity contribution in [2.24, 2.45) is 0 Å². The maximum Gasteiger partial charge on any atom is 0.0882 e. The summed E-state index contributed by atoms with van der Waals surface area (Å²) in [5, 5.41) is 11.4. The van der Waals surface area contributed by atoms with Crippen LogP contribution in [0, 0.1) is 6.92 Å². The Balaban J connectivity index is 2.82. The normalized spacial score (nSPS) is 13.5. The van der Waals surface area contributed by atoms with Crippen molar-refractivity contribution < 1.29 is 5.11 Å². The number of aliphatic hydroxyl groups is 1. The molecule has 1 rings (SSSR count). The predicted molar refractivity (Wildman–Crippen MR) is 44.3 cm³/mol. The Bertz CT molecular complexity index is 205. The molecule has 0 aliphatic heterocycles. The molecule has 0 fully saturated rings. The molecule has 1 nitrogen and oxygen atoms in total. The van der Waals surface area contributed by atoms with Crippen LogP contribution in [0.1, 0.15) is 29.9 Å². The van der Waals surface area contributed by atoms with Gasteiger partial charge in [0, 0.05) is 4.88 Å². The molecule has 0 aliphatic carbocycles. The van der Waals surface area contributed by atoms with E-state index in [1.807, 2.05) is 25.3 Å². The molecule has 1 heterocycles. The van der Waals surface area contributed by atoms with Crippen LogP contribution in [0.25, 0.3) is 0 Å². The maximum atomic E-state index is 9.41. The van der Waals surface area contributed by atoms with Crippen molar-refractivity contribution in [3.05, 3.63) is 21.9 Å². The molecule has 10 heavy (non-hydrogen) atoms. The third-order valence-electron chi connectivity index (χ3n) is 1.59. The highest BCUT2D eigenvalue weighted by Gasteiger charge is 2.07. The second-order valence-corrected chi connectivity index (χ2v) is 3.34. The van der Waals surface area contributed by atoms with Gasteiger partial charge in [-0.25, -0.2) is 0 Å². The average molecular weight is 156 g/mol. The summed E-state index contributed by atoms with van der Waals surface area (Å²) < 4.78 is 0. The molecule has 1 aromatic heterocycles. The van der Waals surface area contributed by atoms with Gasteiger partial charge >= 0.3 is 0 Å². The largest absolute Gasteiger partial charge is 0.388 e. The van der Waals surface area contributed by atoms with Crippen LogP contribution in [-0.4, -0.2) is 5.11 Å². The molecule has 0 unspecified atom stereocenters. The summed E-state index contributed by atoms with van der Waals surface area (Å²) in [5.74, 6) is 0. The molecule has 0 bridgehead atoms. The standard InChI is InChI=1S/C8H12OS/c1-3-7(9)8-6(2)4-5-10-8/h4-5,7,9H,3H2,1-2H3/t7-/m0/s1. The molecule has 1 N–H and O–H groups in total. The topological polar surface area (TPSA) is 20.2 Å². The van der Waals surface area contributed by atoms with Gasteiger partial charge in [0.05, 0.1) is 6.10 Å². The smallest absolute Gasteiger partial charge is 0.0882 e. The molecule has 56 valence electrons. The number of hydrogen-bond donors (Lipinski definition) is 1. The van der Waals surface area contributed by atoms with Crippen molar-refractivity contribution in [1.82, 2.24) is 0 Å². The number of hydrogen-bond acceptors (Lipinski definition) is 2. The van der Waals surface area contributed by atoms with Crippen molar-refractivity contribution in [1.29, 1.82) is 0 Å². The van der Waals surface area contributed by atoms with E-state index in [0.717, 1.165) is 11.3 Å². The van der Waals surface area contributed by atoms with E-state index >= 15 is 0 Å². The summed E-state index contributed by atoms with van der Waals surface area (Å²) in [5.41, 5.74) is 1.21. The molecular weight excluding hydrogens is 144 g/mol. The molecule has 0 radical (unpaired) electrons. The van der Waals surface area contributed by atoms with Crippen LogP contribution in [0.5, 0.6) is 0 Å². The van der Waals surface area contributed by atoms with Crippen molar-refractivity contribution in [3.63, 3.8) is 0 Å². The van der Waals surface area contributed by atoms with E-state index in [9.17, 15) is 5.11 Å². The Morgan fingerprint density at radius 3 is 2.80 bits per heavy atom. The van der Waals surface area contributed by atoms with E-state index in [4.69, 9.17) is 0 Å². The van der Waals surface area contributed by atoms with Gasteiger partial charge in [-0.2, -0.15) is 0 Å². The predicted octanol–water partition coefficient (Wildman–Crippen LogP) is 2.50. The van der Waals surface area contributed by atoms with Gasteiger partial charge in [-0.05, 0) is 30.4 Å². The van der Waals surface area contributed by atoms with E-state index in [-0.39, 0.29) is 6.10 Å². The molecule has 0 saturated carbocycles. The van der Waals surface area contributed by atoms with Crippen LogP contribution in [0.3, 0.4) is 0 Å². The van der Waals surface area contributed by atoms with Crippen LogP contribution in [0.2, 0.25) is 0 Å². The first-order valence-corrected chi connectivity index (χ1v) is 4.35. The number of aryl methyl sites for hydroxylation is 1. The third kappa shape index (κ3) is 1.39. The van der Waals surface area contributed by atoms with Crippen LogP contribution >= 0.6 is 11.3 Å². The second kappa shape index (κ2) is 3.17. The Kier molecular flexibility index (Phi) is 2.46. The molecule has 1 aromatic rings. The lowest BCUT2D eigenvalue weighted by molar-refractivity contribution is 0.177. The molecule has 1 atom stereocenters. The minimum absolute atomic E-state index is 0.250. The summed E-state index contributed by atoms with van der Waals surface area (Å²) in [6.45, 7) is 4.02. The molecular formula is C8H12OS. The molecule has 0 saturated heterocycles. The van der Waals surface area contributed by atoms with Crippen molar-refractivity contribution >= 4 is 11.3 Å². The molecule has 0 aromatic carbocycles. The lowest BCUT2D eigenvalue weighted by Crippen LogP contribution is -1.92. The van der Waals surface area contributed by atoms with Crippen molar-refractivity contribution in [2.45, 2.75) is 26.4 Å². The van der Waals surface area contributed by atoms with Gasteiger partial charge in [0.2, 0.25) is 0 Å². The van der Waals surface area contributed by atoms with Gasteiger partial charge in [0.1, 0.15) is 0 Å². The minimum atomic E-state index is -0.250. The number of thiophene rings is 1. The van der Waals surface area contributed by atoms with E-state index in [2.05, 4.69) is 0 Å². The summed E-state index contributed by atoms with van der Waals surface area (Å²) in [6, 6.07) is 2.04. The first-order valence-electron chi connectivity index (χ1n) is 3.47. The second-order valence-electron chi connectivity index (χ2n) is 2.39. The third-order valence-corrected chi connectivity index (χ3v) is 2.71. The van der Waals surface area contributed by atoms with E-state index in [0.29, 0.717) is 0 Å². The fourth-order valence-electron chi connectivity index (χ4n) is 0.911. The first-order chi connectivity index (χ1) is 4.75. The lowest BCUT2D eigenvalue weighted by Gasteiger charge is -2.04. The maximum absolute atomic E-state index is 9.41.